The third-order valence-electron chi connectivity index (χ3n) is 5.55. The summed E-state index contributed by atoms with van der Waals surface area (Å²) < 4.78 is 35.8. The van der Waals surface area contributed by atoms with Crippen LogP contribution in [0.15, 0.2) is 59.9 Å². The highest BCUT2D eigenvalue weighted by Gasteiger charge is 2.30. The molecule has 0 aliphatic rings. The first kappa shape index (κ1) is 27.2. The van der Waals surface area contributed by atoms with Gasteiger partial charge in [-0.15, -0.1) is 0 Å². The third-order valence-corrected chi connectivity index (χ3v) is 7.90. The Morgan fingerprint density at radius 1 is 1.05 bits per heavy atom. The van der Waals surface area contributed by atoms with E-state index in [9.17, 15) is 13.2 Å². The summed E-state index contributed by atoms with van der Waals surface area (Å²) in [5, 5.41) is 0.972. The van der Waals surface area contributed by atoms with Gasteiger partial charge in [0, 0.05) is 21.6 Å². The molecule has 2 aromatic carbocycles. The Hall–Kier alpha value is -3.38. The number of sulfonamides is 1. The van der Waals surface area contributed by atoms with Crippen molar-refractivity contribution in [1.82, 2.24) is 24.5 Å². The molecule has 10 nitrogen and oxygen atoms in total. The lowest BCUT2D eigenvalue weighted by atomic mass is 10.2. The van der Waals surface area contributed by atoms with Crippen molar-refractivity contribution in [2.45, 2.75) is 31.3 Å². The van der Waals surface area contributed by atoms with Gasteiger partial charge in [0.2, 0.25) is 5.28 Å². The number of halogens is 3. The van der Waals surface area contributed by atoms with E-state index in [4.69, 9.17) is 39.5 Å². The molecule has 39 heavy (non-hydrogen) atoms. The highest BCUT2D eigenvalue weighted by atomic mass is 35.5. The van der Waals surface area contributed by atoms with Crippen molar-refractivity contribution in [3.8, 4) is 5.82 Å². The van der Waals surface area contributed by atoms with E-state index in [0.717, 1.165) is 4.31 Å². The molecule has 202 valence electrons. The van der Waals surface area contributed by atoms with E-state index in [1.165, 1.54) is 24.5 Å². The predicted molar refractivity (Wildman–Crippen MR) is 150 cm³/mol. The van der Waals surface area contributed by atoms with Gasteiger partial charge in [0.1, 0.15) is 17.7 Å². The fraction of sp³-hybridized carbons (Fsp3) is 0.200. The number of aromatic amines is 1. The third kappa shape index (κ3) is 5.53. The minimum absolute atomic E-state index is 0.0258. The summed E-state index contributed by atoms with van der Waals surface area (Å²) in [6.45, 7) is 4.52. The number of nitrogens with zero attached hydrogens (tertiary/aromatic N) is 5. The summed E-state index contributed by atoms with van der Waals surface area (Å²) in [6, 6.07) is 10.7. The zero-order chi connectivity index (χ0) is 28.1. The van der Waals surface area contributed by atoms with E-state index in [0.29, 0.717) is 27.9 Å². The molecule has 3 heterocycles. The number of benzene rings is 2. The summed E-state index contributed by atoms with van der Waals surface area (Å²) in [4.78, 5) is 28.3. The number of imidazole rings is 1. The zero-order valence-corrected chi connectivity index (χ0v) is 23.9. The second-order valence-corrected chi connectivity index (χ2v) is 12.6. The summed E-state index contributed by atoms with van der Waals surface area (Å²) >= 11 is 18.3. The van der Waals surface area contributed by atoms with Crippen molar-refractivity contribution >= 4 is 78.5 Å². The SMILES string of the molecule is CC(C)(C)OC(=O)CN(c1ccc2c(ccn2-c2nc(Cl)nc3nc[nH]c23)c1)S(=O)(=O)c1cc(Cl)cc(Cl)c1. The normalized spacial score (nSPS) is 12.3. The maximum atomic E-state index is 13.8. The summed E-state index contributed by atoms with van der Waals surface area (Å²) in [6.07, 6.45) is 3.25. The van der Waals surface area contributed by atoms with E-state index < -0.39 is 28.1 Å². The fourth-order valence-electron chi connectivity index (χ4n) is 4.05. The number of fused-ring (bicyclic) bond motifs is 2. The van der Waals surface area contributed by atoms with Gasteiger partial charge in [0.25, 0.3) is 10.0 Å². The highest BCUT2D eigenvalue weighted by molar-refractivity contribution is 7.92. The van der Waals surface area contributed by atoms with Crippen LogP contribution in [0.5, 0.6) is 0 Å². The number of nitrogens with one attached hydrogen (secondary N) is 1. The average molecular weight is 608 g/mol. The van der Waals surface area contributed by atoms with E-state index in [1.807, 2.05) is 0 Å². The second-order valence-electron chi connectivity index (χ2n) is 9.55. The molecular weight excluding hydrogens is 587 g/mol. The lowest BCUT2D eigenvalue weighted by Crippen LogP contribution is -2.39. The topological polar surface area (TPSA) is 123 Å². The molecule has 0 amide bonds. The summed E-state index contributed by atoms with van der Waals surface area (Å²) in [5.41, 5.74) is 1.09. The van der Waals surface area contributed by atoms with Gasteiger partial charge < -0.3 is 9.72 Å². The van der Waals surface area contributed by atoms with Gasteiger partial charge >= 0.3 is 5.97 Å². The first-order valence-corrected chi connectivity index (χ1v) is 14.1. The number of aromatic nitrogens is 5. The molecule has 0 spiro atoms. The molecule has 0 bridgehead atoms. The van der Waals surface area contributed by atoms with E-state index in [-0.39, 0.29) is 25.9 Å². The van der Waals surface area contributed by atoms with Crippen LogP contribution in [0.4, 0.5) is 5.69 Å². The monoisotopic (exact) mass is 606 g/mol. The molecule has 5 aromatic rings. The van der Waals surface area contributed by atoms with E-state index in [1.54, 1.807) is 55.8 Å². The Morgan fingerprint density at radius 2 is 1.77 bits per heavy atom. The van der Waals surface area contributed by atoms with Gasteiger partial charge in [-0.1, -0.05) is 23.2 Å². The standard InChI is InChI=1S/C25H21Cl3N6O4S/c1-25(2,3)38-20(35)12-34(39(36,37)18-10-15(26)9-16(27)11-18)17-4-5-19-14(8-17)6-7-33(19)23-21-22(30-13-29-21)31-24(28)32-23/h4-11,13H,12H2,1-3H3,(H,29,30,31,32). The van der Waals surface area contributed by atoms with Crippen molar-refractivity contribution in [2.75, 3.05) is 10.8 Å². The van der Waals surface area contributed by atoms with Crippen LogP contribution in [0.1, 0.15) is 20.8 Å². The van der Waals surface area contributed by atoms with Crippen LogP contribution in [0.2, 0.25) is 15.3 Å². The summed E-state index contributed by atoms with van der Waals surface area (Å²) in [5.74, 6) is -0.258. The van der Waals surface area contributed by atoms with Crippen LogP contribution in [-0.4, -0.2) is 51.0 Å². The van der Waals surface area contributed by atoms with Gasteiger partial charge in [-0.3, -0.25) is 13.7 Å². The molecule has 0 saturated heterocycles. The maximum absolute atomic E-state index is 13.8. The van der Waals surface area contributed by atoms with E-state index >= 15 is 0 Å². The number of hydrogen-bond acceptors (Lipinski definition) is 7. The Bertz CT molecular complexity index is 1830. The second kappa shape index (κ2) is 9.98. The van der Waals surface area contributed by atoms with Crippen LogP contribution in [0.25, 0.3) is 27.9 Å². The summed E-state index contributed by atoms with van der Waals surface area (Å²) in [7, 11) is -4.29. The first-order chi connectivity index (χ1) is 18.3. The van der Waals surface area contributed by atoms with Crippen molar-refractivity contribution in [3.63, 3.8) is 0 Å². The van der Waals surface area contributed by atoms with Crippen molar-refractivity contribution in [2.24, 2.45) is 0 Å². The Labute approximate surface area is 238 Å². The molecule has 14 heteroatoms. The minimum atomic E-state index is -4.29. The molecule has 5 rings (SSSR count). The molecule has 0 fully saturated rings. The molecule has 0 atom stereocenters. The fourth-order valence-corrected chi connectivity index (χ4v) is 6.34. The largest absolute Gasteiger partial charge is 0.459 e. The van der Waals surface area contributed by atoms with Gasteiger partial charge in [-0.2, -0.15) is 9.97 Å². The Morgan fingerprint density at radius 3 is 2.46 bits per heavy atom. The molecule has 0 saturated carbocycles. The van der Waals surface area contributed by atoms with Crippen molar-refractivity contribution < 1.29 is 17.9 Å². The van der Waals surface area contributed by atoms with Gasteiger partial charge in [0.15, 0.2) is 11.5 Å². The number of rotatable bonds is 6. The van der Waals surface area contributed by atoms with E-state index in [2.05, 4.69) is 19.9 Å². The maximum Gasteiger partial charge on any atom is 0.327 e. The lowest BCUT2D eigenvalue weighted by molar-refractivity contribution is -0.152. The van der Waals surface area contributed by atoms with Crippen molar-refractivity contribution in [1.29, 1.82) is 0 Å². The predicted octanol–water partition coefficient (Wildman–Crippen LogP) is 5.79. The van der Waals surface area contributed by atoms with Crippen LogP contribution < -0.4 is 4.31 Å². The smallest absolute Gasteiger partial charge is 0.327 e. The molecular formula is C25H21Cl3N6O4S. The van der Waals surface area contributed by atoms with Crippen LogP contribution in [0.3, 0.4) is 0 Å². The number of carbonyl (C=O) groups is 1. The number of H-pyrrole nitrogens is 1. The molecule has 1 N–H and O–H groups in total. The van der Waals surface area contributed by atoms with Crippen molar-refractivity contribution in [3.05, 3.63) is 70.3 Å². The number of carbonyl (C=O) groups excluding carboxylic acids is 1. The first-order valence-electron chi connectivity index (χ1n) is 11.5. The highest BCUT2D eigenvalue weighted by Crippen LogP contribution is 2.32. The number of hydrogen-bond donors (Lipinski definition) is 1. The van der Waals surface area contributed by atoms with Gasteiger partial charge in [-0.25, -0.2) is 13.4 Å². The molecule has 0 unspecified atom stereocenters. The zero-order valence-electron chi connectivity index (χ0n) is 20.8. The van der Waals surface area contributed by atoms with Gasteiger partial charge in [0.05, 0.1) is 22.4 Å². The van der Waals surface area contributed by atoms with Crippen LogP contribution >= 0.6 is 34.8 Å². The molecule has 0 aliphatic carbocycles. The Kier molecular flexibility index (Phi) is 6.96. The molecule has 0 radical (unpaired) electrons. The number of ether oxygens (including phenoxy) is 1. The number of anilines is 1. The molecule has 0 aliphatic heterocycles. The number of esters is 1. The minimum Gasteiger partial charge on any atom is -0.459 e. The van der Waals surface area contributed by atoms with Crippen LogP contribution in [0, 0.1) is 0 Å². The quantitative estimate of drug-likeness (QED) is 0.191. The van der Waals surface area contributed by atoms with Gasteiger partial charge in [-0.05, 0) is 74.8 Å². The van der Waals surface area contributed by atoms with Crippen LogP contribution in [-0.2, 0) is 19.6 Å². The lowest BCUT2D eigenvalue weighted by Gasteiger charge is -2.26. The Balaban J connectivity index is 1.62. The molecule has 3 aromatic heterocycles. The average Bonchev–Trinajstić information content (AvgIpc) is 3.46.